The Bertz CT molecular complexity index is 562. The Labute approximate surface area is 161 Å². The van der Waals surface area contributed by atoms with Crippen molar-refractivity contribution in [3.63, 3.8) is 0 Å². The minimum Gasteiger partial charge on any atom is -0.444 e. The van der Waals surface area contributed by atoms with Crippen LogP contribution in [0.3, 0.4) is 0 Å². The topological polar surface area (TPSA) is 92.1 Å². The van der Waals surface area contributed by atoms with Crippen molar-refractivity contribution in [2.45, 2.75) is 38.5 Å². The number of ether oxygens (including phenoxy) is 2. The zero-order chi connectivity index (χ0) is 19.2. The van der Waals surface area contributed by atoms with Gasteiger partial charge in [0.1, 0.15) is 21.5 Å². The van der Waals surface area contributed by atoms with Crippen molar-refractivity contribution in [3.8, 4) is 0 Å². The summed E-state index contributed by atoms with van der Waals surface area (Å²) in [6, 6.07) is 2.33. The van der Waals surface area contributed by atoms with Gasteiger partial charge in [0, 0.05) is 13.7 Å². The van der Waals surface area contributed by atoms with Crippen molar-refractivity contribution >= 4 is 33.6 Å². The van der Waals surface area contributed by atoms with Crippen LogP contribution in [0.2, 0.25) is 5.15 Å². The zero-order valence-corrected chi connectivity index (χ0v) is 17.0. The maximum atomic E-state index is 12.5. The van der Waals surface area contributed by atoms with Crippen LogP contribution in [0.5, 0.6) is 0 Å². The lowest BCUT2D eigenvalue weighted by atomic mass is 10.0. The number of hydrogen-bond acceptors (Lipinski definition) is 6. The monoisotopic (exact) mass is 438 g/mol. The van der Waals surface area contributed by atoms with Crippen LogP contribution in [0.4, 0.5) is 4.79 Å². The van der Waals surface area contributed by atoms with Crippen LogP contribution in [0, 0.1) is 0 Å². The molecule has 0 fully saturated rings. The number of carbonyl (C=O) groups is 1. The Morgan fingerprint density at radius 2 is 2.08 bits per heavy atom. The van der Waals surface area contributed by atoms with Gasteiger partial charge in [-0.15, -0.1) is 0 Å². The van der Waals surface area contributed by atoms with Crippen LogP contribution in [0.25, 0.3) is 0 Å². The maximum absolute atomic E-state index is 12.5. The second-order valence-electron chi connectivity index (χ2n) is 6.41. The fourth-order valence-corrected chi connectivity index (χ4v) is 2.99. The number of amides is 1. The smallest absolute Gasteiger partial charge is 0.410 e. The minimum absolute atomic E-state index is 0.0139. The van der Waals surface area contributed by atoms with E-state index < -0.39 is 23.8 Å². The number of aliphatic hydroxyl groups is 2. The van der Waals surface area contributed by atoms with E-state index in [-0.39, 0.29) is 24.9 Å². The van der Waals surface area contributed by atoms with Gasteiger partial charge >= 0.3 is 6.09 Å². The summed E-state index contributed by atoms with van der Waals surface area (Å²) in [4.78, 5) is 17.7. The highest BCUT2D eigenvalue weighted by atomic mass is 79.9. The van der Waals surface area contributed by atoms with E-state index in [0.29, 0.717) is 10.2 Å². The summed E-state index contributed by atoms with van der Waals surface area (Å²) in [5.41, 5.74) is -0.253. The molecule has 0 spiro atoms. The Hall–Kier alpha value is -0.930. The van der Waals surface area contributed by atoms with Gasteiger partial charge in [0.15, 0.2) is 0 Å². The van der Waals surface area contributed by atoms with Crippen LogP contribution in [0.15, 0.2) is 16.7 Å². The maximum Gasteiger partial charge on any atom is 0.410 e. The number of pyridine rings is 1. The van der Waals surface area contributed by atoms with E-state index in [9.17, 15) is 15.0 Å². The van der Waals surface area contributed by atoms with Crippen LogP contribution < -0.4 is 0 Å². The van der Waals surface area contributed by atoms with Crippen molar-refractivity contribution < 1.29 is 24.5 Å². The van der Waals surface area contributed by atoms with E-state index in [1.165, 1.54) is 18.1 Å². The van der Waals surface area contributed by atoms with Gasteiger partial charge in [0.2, 0.25) is 0 Å². The standard InChI is InChI=1S/C16H24BrClN2O5/c1-16(2,3)25-15(23)20(5-6-21)11(9-24-4)14(22)10-7-12(17)19-13(18)8-10/h7-8,11,14,21-22H,5-6,9H2,1-4H3/t11-,14-/m1/s1. The first-order valence-corrected chi connectivity index (χ1v) is 8.86. The van der Waals surface area contributed by atoms with Gasteiger partial charge < -0.3 is 19.7 Å². The molecule has 1 aromatic rings. The lowest BCUT2D eigenvalue weighted by Crippen LogP contribution is -2.49. The van der Waals surface area contributed by atoms with Crippen molar-refractivity contribution in [2.75, 3.05) is 26.9 Å². The van der Waals surface area contributed by atoms with Crippen molar-refractivity contribution in [1.82, 2.24) is 9.88 Å². The highest BCUT2D eigenvalue weighted by molar-refractivity contribution is 9.10. The summed E-state index contributed by atoms with van der Waals surface area (Å²) in [6.45, 7) is 4.96. The molecule has 0 bridgehead atoms. The Balaban J connectivity index is 3.16. The Morgan fingerprint density at radius 1 is 1.44 bits per heavy atom. The second-order valence-corrected chi connectivity index (χ2v) is 7.61. The summed E-state index contributed by atoms with van der Waals surface area (Å²) in [7, 11) is 1.46. The molecule has 1 rings (SSSR count). The highest BCUT2D eigenvalue weighted by Gasteiger charge is 2.33. The summed E-state index contributed by atoms with van der Waals surface area (Å²) in [5, 5.41) is 20.3. The highest BCUT2D eigenvalue weighted by Crippen LogP contribution is 2.27. The normalized spacial score (nSPS) is 14.1. The molecule has 0 aliphatic heterocycles. The summed E-state index contributed by atoms with van der Waals surface area (Å²) in [6.07, 6.45) is -1.77. The lowest BCUT2D eigenvalue weighted by Gasteiger charge is -2.35. The molecule has 0 aromatic carbocycles. The molecule has 2 atom stereocenters. The molecule has 0 aliphatic rings. The van der Waals surface area contributed by atoms with Crippen LogP contribution in [-0.2, 0) is 9.47 Å². The third-order valence-electron chi connectivity index (χ3n) is 3.20. The first kappa shape index (κ1) is 22.1. The average molecular weight is 440 g/mol. The number of rotatable bonds is 7. The molecule has 0 saturated heterocycles. The minimum atomic E-state index is -1.11. The van der Waals surface area contributed by atoms with Gasteiger partial charge in [0.25, 0.3) is 0 Å². The number of hydrogen-bond donors (Lipinski definition) is 2. The first-order chi connectivity index (χ1) is 11.6. The molecule has 0 aliphatic carbocycles. The predicted octanol–water partition coefficient (Wildman–Crippen LogP) is 2.78. The van der Waals surface area contributed by atoms with Gasteiger partial charge in [-0.1, -0.05) is 11.6 Å². The molecule has 9 heteroatoms. The lowest BCUT2D eigenvalue weighted by molar-refractivity contribution is -0.0297. The van der Waals surface area contributed by atoms with E-state index in [2.05, 4.69) is 20.9 Å². The fraction of sp³-hybridized carbons (Fsp3) is 0.625. The molecule has 1 aromatic heterocycles. The number of carbonyl (C=O) groups excluding carboxylic acids is 1. The van der Waals surface area contributed by atoms with E-state index in [4.69, 9.17) is 21.1 Å². The van der Waals surface area contributed by atoms with Gasteiger partial charge in [-0.05, 0) is 54.4 Å². The summed E-state index contributed by atoms with van der Waals surface area (Å²) >= 11 is 9.16. The third-order valence-corrected chi connectivity index (χ3v) is 3.80. The zero-order valence-electron chi connectivity index (χ0n) is 14.7. The molecule has 7 nitrogen and oxygen atoms in total. The van der Waals surface area contributed by atoms with Crippen LogP contribution in [-0.4, -0.2) is 64.7 Å². The molecule has 1 heterocycles. The molecule has 2 N–H and O–H groups in total. The van der Waals surface area contributed by atoms with Crippen molar-refractivity contribution in [3.05, 3.63) is 27.5 Å². The number of methoxy groups -OCH3 is 1. The van der Waals surface area contributed by atoms with E-state index >= 15 is 0 Å². The summed E-state index contributed by atoms with van der Waals surface area (Å²) in [5.74, 6) is 0. The van der Waals surface area contributed by atoms with Crippen LogP contribution >= 0.6 is 27.5 Å². The molecule has 0 radical (unpaired) electrons. The molecule has 1 amide bonds. The molecular weight excluding hydrogens is 416 g/mol. The SMILES string of the molecule is COC[C@H]([C@H](O)c1cc(Cl)nc(Br)c1)N(CCO)C(=O)OC(C)(C)C. The van der Waals surface area contributed by atoms with Crippen molar-refractivity contribution in [2.24, 2.45) is 0 Å². The third kappa shape index (κ3) is 7.07. The predicted molar refractivity (Wildman–Crippen MR) is 97.6 cm³/mol. The van der Waals surface area contributed by atoms with Gasteiger partial charge in [-0.25, -0.2) is 9.78 Å². The first-order valence-electron chi connectivity index (χ1n) is 7.69. The number of aromatic nitrogens is 1. The van der Waals surface area contributed by atoms with Crippen LogP contribution in [0.1, 0.15) is 32.4 Å². The van der Waals surface area contributed by atoms with Crippen molar-refractivity contribution in [1.29, 1.82) is 0 Å². The summed E-state index contributed by atoms with van der Waals surface area (Å²) < 4.78 is 11.0. The van der Waals surface area contributed by atoms with E-state index in [0.717, 1.165) is 0 Å². The number of halogens is 2. The Morgan fingerprint density at radius 3 is 2.56 bits per heavy atom. The largest absolute Gasteiger partial charge is 0.444 e. The number of nitrogens with zero attached hydrogens (tertiary/aromatic N) is 2. The van der Waals surface area contributed by atoms with Gasteiger partial charge in [0.05, 0.1) is 19.3 Å². The fourth-order valence-electron chi connectivity index (χ4n) is 2.22. The molecule has 25 heavy (non-hydrogen) atoms. The molecular formula is C16H24BrClN2O5. The second kappa shape index (κ2) is 9.68. The molecule has 0 unspecified atom stereocenters. The quantitative estimate of drug-likeness (QED) is 0.635. The Kier molecular flexibility index (Phi) is 8.56. The van der Waals surface area contributed by atoms with E-state index in [1.54, 1.807) is 26.8 Å². The molecule has 142 valence electrons. The van der Waals surface area contributed by atoms with Gasteiger partial charge in [-0.2, -0.15) is 0 Å². The molecule has 0 saturated carbocycles. The van der Waals surface area contributed by atoms with E-state index in [1.807, 2.05) is 0 Å². The average Bonchev–Trinajstić information content (AvgIpc) is 2.47. The van der Waals surface area contributed by atoms with Gasteiger partial charge in [-0.3, -0.25) is 4.90 Å². The number of aliphatic hydroxyl groups excluding tert-OH is 2.